The molecular formula is C18H21N3O4. The van der Waals surface area contributed by atoms with Gasteiger partial charge in [-0.3, -0.25) is 9.59 Å². The molecule has 0 unspecified atom stereocenters. The van der Waals surface area contributed by atoms with Crippen molar-refractivity contribution in [1.29, 1.82) is 0 Å². The minimum absolute atomic E-state index is 0.117. The van der Waals surface area contributed by atoms with Crippen LogP contribution in [0.2, 0.25) is 0 Å². The second-order valence-corrected chi connectivity index (χ2v) is 7.02. The molecule has 3 heterocycles. The van der Waals surface area contributed by atoms with Crippen molar-refractivity contribution in [3.8, 4) is 11.5 Å². The van der Waals surface area contributed by atoms with Crippen LogP contribution in [0.15, 0.2) is 39.7 Å². The monoisotopic (exact) mass is 343 g/mol. The van der Waals surface area contributed by atoms with Crippen LogP contribution in [0, 0.1) is 5.92 Å². The van der Waals surface area contributed by atoms with E-state index in [1.165, 1.54) is 10.7 Å². The van der Waals surface area contributed by atoms with Gasteiger partial charge in [-0.15, -0.1) is 0 Å². The third-order valence-corrected chi connectivity index (χ3v) is 5.02. The molecule has 25 heavy (non-hydrogen) atoms. The van der Waals surface area contributed by atoms with Gasteiger partial charge in [-0.05, 0) is 43.9 Å². The van der Waals surface area contributed by atoms with Gasteiger partial charge in [-0.1, -0.05) is 0 Å². The zero-order valence-electron chi connectivity index (χ0n) is 13.9. The van der Waals surface area contributed by atoms with Crippen LogP contribution in [0.1, 0.15) is 25.7 Å². The van der Waals surface area contributed by atoms with Crippen LogP contribution in [0.4, 0.5) is 0 Å². The largest absolute Gasteiger partial charge is 0.463 e. The molecule has 0 atom stereocenters. The lowest BCUT2D eigenvalue weighted by Gasteiger charge is -2.38. The van der Waals surface area contributed by atoms with Gasteiger partial charge in [0.15, 0.2) is 5.76 Å². The van der Waals surface area contributed by atoms with E-state index in [4.69, 9.17) is 4.42 Å². The molecule has 4 rings (SSSR count). The Morgan fingerprint density at radius 1 is 1.28 bits per heavy atom. The standard InChI is InChI=1S/C18H21N3O4/c22-16-6-5-14(15-2-1-11-25-15)19-21(16)12-18(24)7-9-20(10-8-18)17(23)13-3-4-13/h1-2,5-6,11,13,24H,3-4,7-10,12H2. The Bertz CT molecular complexity index is 815. The van der Waals surface area contributed by atoms with E-state index in [2.05, 4.69) is 5.10 Å². The lowest BCUT2D eigenvalue weighted by atomic mass is 9.91. The van der Waals surface area contributed by atoms with E-state index in [0.717, 1.165) is 12.8 Å². The topological polar surface area (TPSA) is 88.6 Å². The zero-order valence-corrected chi connectivity index (χ0v) is 13.9. The van der Waals surface area contributed by atoms with Gasteiger partial charge in [-0.25, -0.2) is 4.68 Å². The molecule has 2 aromatic rings. The van der Waals surface area contributed by atoms with Gasteiger partial charge in [0.2, 0.25) is 5.91 Å². The summed E-state index contributed by atoms with van der Waals surface area (Å²) in [7, 11) is 0. The zero-order chi connectivity index (χ0) is 17.4. The summed E-state index contributed by atoms with van der Waals surface area (Å²) < 4.78 is 6.60. The van der Waals surface area contributed by atoms with Gasteiger partial charge in [0, 0.05) is 25.1 Å². The van der Waals surface area contributed by atoms with Crippen LogP contribution >= 0.6 is 0 Å². The molecule has 1 aliphatic carbocycles. The number of rotatable bonds is 4. The molecule has 1 amide bonds. The van der Waals surface area contributed by atoms with Gasteiger partial charge < -0.3 is 14.4 Å². The Morgan fingerprint density at radius 3 is 2.68 bits per heavy atom. The van der Waals surface area contributed by atoms with E-state index >= 15 is 0 Å². The van der Waals surface area contributed by atoms with E-state index in [-0.39, 0.29) is 23.9 Å². The van der Waals surface area contributed by atoms with Crippen molar-refractivity contribution < 1.29 is 14.3 Å². The van der Waals surface area contributed by atoms with Crippen LogP contribution in [0.5, 0.6) is 0 Å². The van der Waals surface area contributed by atoms with Crippen molar-refractivity contribution in [2.45, 2.75) is 37.8 Å². The summed E-state index contributed by atoms with van der Waals surface area (Å²) in [5.41, 5.74) is -0.742. The van der Waals surface area contributed by atoms with Crippen molar-refractivity contribution in [1.82, 2.24) is 14.7 Å². The van der Waals surface area contributed by atoms with Crippen molar-refractivity contribution in [3.05, 3.63) is 40.9 Å². The third-order valence-electron chi connectivity index (χ3n) is 5.02. The SMILES string of the molecule is O=C(C1CC1)N1CCC(O)(Cn2nc(-c3ccco3)ccc2=O)CC1. The number of aromatic nitrogens is 2. The maximum atomic E-state index is 12.1. The summed E-state index contributed by atoms with van der Waals surface area (Å²) in [5, 5.41) is 15.2. The summed E-state index contributed by atoms with van der Waals surface area (Å²) in [6.07, 6.45) is 4.42. The highest BCUT2D eigenvalue weighted by Crippen LogP contribution is 2.33. The molecule has 1 saturated heterocycles. The van der Waals surface area contributed by atoms with Crippen LogP contribution in [-0.4, -0.2) is 44.4 Å². The molecule has 0 radical (unpaired) electrons. The number of carbonyl (C=O) groups excluding carboxylic acids is 1. The van der Waals surface area contributed by atoms with Gasteiger partial charge in [0.05, 0.1) is 18.4 Å². The minimum Gasteiger partial charge on any atom is -0.463 e. The average Bonchev–Trinajstić information content (AvgIpc) is 3.31. The number of nitrogens with zero attached hydrogens (tertiary/aromatic N) is 3. The summed E-state index contributed by atoms with van der Waals surface area (Å²) in [6, 6.07) is 6.57. The van der Waals surface area contributed by atoms with E-state index < -0.39 is 5.60 Å². The molecule has 1 saturated carbocycles. The van der Waals surface area contributed by atoms with E-state index in [0.29, 0.717) is 37.4 Å². The number of piperidine rings is 1. The van der Waals surface area contributed by atoms with E-state index in [1.54, 1.807) is 24.5 Å². The number of furan rings is 1. The van der Waals surface area contributed by atoms with Crippen molar-refractivity contribution in [2.24, 2.45) is 5.92 Å². The van der Waals surface area contributed by atoms with Gasteiger partial charge in [0.1, 0.15) is 5.69 Å². The first-order valence-electron chi connectivity index (χ1n) is 8.67. The Balaban J connectivity index is 1.47. The molecule has 2 fully saturated rings. The summed E-state index contributed by atoms with van der Waals surface area (Å²) in [5.74, 6) is 0.975. The molecule has 2 aromatic heterocycles. The van der Waals surface area contributed by atoms with Gasteiger partial charge in [-0.2, -0.15) is 5.10 Å². The summed E-state index contributed by atoms with van der Waals surface area (Å²) in [4.78, 5) is 26.1. The van der Waals surface area contributed by atoms with Crippen LogP contribution in [0.25, 0.3) is 11.5 Å². The number of carbonyl (C=O) groups is 1. The molecule has 0 spiro atoms. The van der Waals surface area contributed by atoms with Crippen molar-refractivity contribution in [2.75, 3.05) is 13.1 Å². The second kappa shape index (κ2) is 6.15. The molecule has 1 aliphatic heterocycles. The highest BCUT2D eigenvalue weighted by Gasteiger charge is 2.39. The molecule has 0 bridgehead atoms. The predicted octanol–water partition coefficient (Wildman–Crippen LogP) is 1.27. The first-order valence-corrected chi connectivity index (χ1v) is 8.67. The molecular weight excluding hydrogens is 322 g/mol. The smallest absolute Gasteiger partial charge is 0.266 e. The molecule has 7 heteroatoms. The van der Waals surface area contributed by atoms with E-state index in [9.17, 15) is 14.7 Å². The van der Waals surface area contributed by atoms with Crippen LogP contribution < -0.4 is 5.56 Å². The highest BCUT2D eigenvalue weighted by atomic mass is 16.3. The quantitative estimate of drug-likeness (QED) is 0.903. The maximum absolute atomic E-state index is 12.1. The fourth-order valence-electron chi connectivity index (χ4n) is 3.29. The molecule has 1 N–H and O–H groups in total. The Morgan fingerprint density at radius 2 is 2.04 bits per heavy atom. The average molecular weight is 343 g/mol. The summed E-state index contributed by atoms with van der Waals surface area (Å²) >= 11 is 0. The number of aliphatic hydroxyl groups is 1. The second-order valence-electron chi connectivity index (χ2n) is 7.02. The predicted molar refractivity (Wildman–Crippen MR) is 89.7 cm³/mol. The Kier molecular flexibility index (Phi) is 3.95. The summed E-state index contributed by atoms with van der Waals surface area (Å²) in [6.45, 7) is 1.17. The lowest BCUT2D eigenvalue weighted by Crippen LogP contribution is -2.50. The minimum atomic E-state index is -1.03. The van der Waals surface area contributed by atoms with Crippen molar-refractivity contribution >= 4 is 5.91 Å². The van der Waals surface area contributed by atoms with Crippen molar-refractivity contribution in [3.63, 3.8) is 0 Å². The number of hydrogen-bond donors (Lipinski definition) is 1. The normalized spacial score (nSPS) is 19.8. The third kappa shape index (κ3) is 3.37. The fourth-order valence-corrected chi connectivity index (χ4v) is 3.29. The number of likely N-dealkylation sites (tertiary alicyclic amines) is 1. The first-order chi connectivity index (χ1) is 12.0. The molecule has 2 aliphatic rings. The van der Waals surface area contributed by atoms with E-state index in [1.807, 2.05) is 4.90 Å². The first kappa shape index (κ1) is 16.1. The Hall–Kier alpha value is -2.41. The number of amides is 1. The molecule has 0 aromatic carbocycles. The van der Waals surface area contributed by atoms with Gasteiger partial charge >= 0.3 is 0 Å². The molecule has 132 valence electrons. The number of hydrogen-bond acceptors (Lipinski definition) is 5. The van der Waals surface area contributed by atoms with Gasteiger partial charge in [0.25, 0.3) is 5.56 Å². The lowest BCUT2D eigenvalue weighted by molar-refractivity contribution is -0.137. The highest BCUT2D eigenvalue weighted by molar-refractivity contribution is 5.81. The molecule has 7 nitrogen and oxygen atoms in total. The maximum Gasteiger partial charge on any atom is 0.266 e. The van der Waals surface area contributed by atoms with Crippen LogP contribution in [-0.2, 0) is 11.3 Å². The Labute approximate surface area is 144 Å². The fraction of sp³-hybridized carbons (Fsp3) is 0.500. The van der Waals surface area contributed by atoms with Crippen LogP contribution in [0.3, 0.4) is 0 Å².